The van der Waals surface area contributed by atoms with Crippen molar-refractivity contribution in [1.82, 2.24) is 15.2 Å². The lowest BCUT2D eigenvalue weighted by Crippen LogP contribution is -2.48. The number of fused-ring (bicyclic) bond motifs is 1. The number of aromatic nitrogens is 1. The van der Waals surface area contributed by atoms with Crippen LogP contribution >= 0.6 is 0 Å². The van der Waals surface area contributed by atoms with E-state index < -0.39 is 11.4 Å². The Hall–Kier alpha value is -3.25. The second-order valence-corrected chi connectivity index (χ2v) is 9.21. The molecule has 2 heterocycles. The molecule has 1 amide bonds. The van der Waals surface area contributed by atoms with Crippen molar-refractivity contribution >= 4 is 22.9 Å². The topological polar surface area (TPSA) is 54.5 Å². The number of carbonyl (C=O) groups excluding carboxylic acids is 1. The zero-order valence-corrected chi connectivity index (χ0v) is 19.0. The van der Waals surface area contributed by atoms with E-state index >= 15 is 0 Å². The molecule has 1 unspecified atom stereocenters. The van der Waals surface area contributed by atoms with Gasteiger partial charge in [0, 0.05) is 23.2 Å². The number of likely N-dealkylation sites (N-methyl/N-ethyl adjacent to an activating group) is 1. The minimum absolute atomic E-state index is 0.124. The third-order valence-electron chi connectivity index (χ3n) is 6.99. The molecule has 170 valence electrons. The Morgan fingerprint density at radius 3 is 2.85 bits per heavy atom. The summed E-state index contributed by atoms with van der Waals surface area (Å²) in [5.74, 6) is -0.543. The summed E-state index contributed by atoms with van der Waals surface area (Å²) in [6.07, 6.45) is 6.26. The third kappa shape index (κ3) is 4.00. The highest BCUT2D eigenvalue weighted by atomic mass is 19.1. The quantitative estimate of drug-likeness (QED) is 0.566. The molecule has 5 nitrogen and oxygen atoms in total. The molecule has 1 aromatic heterocycles. The average Bonchev–Trinajstić information content (AvgIpc) is 3.58. The summed E-state index contributed by atoms with van der Waals surface area (Å²) in [5, 5.41) is 4.26. The highest BCUT2D eigenvalue weighted by molar-refractivity contribution is 5.97. The van der Waals surface area contributed by atoms with Crippen LogP contribution in [-0.2, 0) is 5.54 Å². The summed E-state index contributed by atoms with van der Waals surface area (Å²) in [7, 11) is 2.03. The van der Waals surface area contributed by atoms with Gasteiger partial charge in [0.05, 0.1) is 11.1 Å². The van der Waals surface area contributed by atoms with Crippen LogP contribution in [0.15, 0.2) is 49.2 Å². The van der Waals surface area contributed by atoms with E-state index in [0.29, 0.717) is 17.7 Å². The van der Waals surface area contributed by atoms with Gasteiger partial charge in [0.1, 0.15) is 6.61 Å². The third-order valence-corrected chi connectivity index (χ3v) is 6.99. The fourth-order valence-electron chi connectivity index (χ4n) is 4.56. The van der Waals surface area contributed by atoms with Crippen LogP contribution in [0.5, 0.6) is 5.75 Å². The Bertz CT molecular complexity index is 1250. The Kier molecular flexibility index (Phi) is 5.41. The van der Waals surface area contributed by atoms with Gasteiger partial charge < -0.3 is 10.1 Å². The van der Waals surface area contributed by atoms with Crippen LogP contribution < -0.4 is 10.1 Å². The number of benzene rings is 2. The summed E-state index contributed by atoms with van der Waals surface area (Å²) in [6.45, 7) is 7.08. The Labute approximate surface area is 193 Å². The van der Waals surface area contributed by atoms with E-state index in [1.54, 1.807) is 19.2 Å². The van der Waals surface area contributed by atoms with Crippen molar-refractivity contribution in [3.63, 3.8) is 0 Å². The summed E-state index contributed by atoms with van der Waals surface area (Å²) in [4.78, 5) is 20.0. The standard InChI is InChI=1S/C27H28FN3O2/c1-4-18-13-22(20-6-5-10-29-24(20)14-18)27(8-9-27)30-26(32)21-15-25(23(28)12-17(21)2)33-16-19-7-11-31(19)3/h4-6,10,12-15,19H,1,7-9,11,16H2,2-3H3,(H,30,32). The summed E-state index contributed by atoms with van der Waals surface area (Å²) < 4.78 is 20.3. The molecule has 1 saturated carbocycles. The largest absolute Gasteiger partial charge is 0.489 e. The van der Waals surface area contributed by atoms with E-state index in [1.165, 1.54) is 12.1 Å². The maximum atomic E-state index is 14.5. The van der Waals surface area contributed by atoms with Crippen LogP contribution in [0.4, 0.5) is 4.39 Å². The average molecular weight is 446 g/mol. The molecule has 1 aliphatic heterocycles. The van der Waals surface area contributed by atoms with Crippen LogP contribution in [0.3, 0.4) is 0 Å². The first kappa shape index (κ1) is 21.6. The fourth-order valence-corrected chi connectivity index (χ4v) is 4.56. The second-order valence-electron chi connectivity index (χ2n) is 9.21. The van der Waals surface area contributed by atoms with Gasteiger partial charge in [-0.2, -0.15) is 0 Å². The maximum absolute atomic E-state index is 14.5. The van der Waals surface area contributed by atoms with E-state index in [9.17, 15) is 9.18 Å². The SMILES string of the molecule is C=Cc1cc(C2(NC(=O)c3cc(OCC4CCN4C)c(F)cc3C)CC2)c2cccnc2c1. The lowest BCUT2D eigenvalue weighted by molar-refractivity contribution is 0.0751. The van der Waals surface area contributed by atoms with Crippen LogP contribution in [0.1, 0.15) is 46.3 Å². The predicted molar refractivity (Wildman–Crippen MR) is 128 cm³/mol. The molecular formula is C27H28FN3O2. The molecule has 0 radical (unpaired) electrons. The van der Waals surface area contributed by atoms with Crippen LogP contribution in [-0.4, -0.2) is 42.0 Å². The highest BCUT2D eigenvalue weighted by Crippen LogP contribution is 2.48. The minimum atomic E-state index is -0.464. The zero-order chi connectivity index (χ0) is 23.2. The number of likely N-dealkylation sites (tertiary alicyclic amines) is 1. The molecule has 5 rings (SSSR count). The van der Waals surface area contributed by atoms with Crippen molar-refractivity contribution in [3.05, 3.63) is 77.2 Å². The van der Waals surface area contributed by atoms with Gasteiger partial charge in [-0.25, -0.2) is 4.39 Å². The number of nitrogens with one attached hydrogen (secondary N) is 1. The first-order chi connectivity index (χ1) is 15.9. The van der Waals surface area contributed by atoms with Gasteiger partial charge in [-0.1, -0.05) is 18.7 Å². The molecule has 1 N–H and O–H groups in total. The summed E-state index contributed by atoms with van der Waals surface area (Å²) in [6, 6.07) is 11.2. The molecule has 2 aliphatic rings. The van der Waals surface area contributed by atoms with Gasteiger partial charge in [0.25, 0.3) is 5.91 Å². The minimum Gasteiger partial charge on any atom is -0.489 e. The smallest absolute Gasteiger partial charge is 0.252 e. The van der Waals surface area contributed by atoms with Crippen molar-refractivity contribution in [1.29, 1.82) is 0 Å². The predicted octanol–water partition coefficient (Wildman–Crippen LogP) is 4.83. The second kappa shape index (κ2) is 8.27. The van der Waals surface area contributed by atoms with Crippen LogP contribution in [0.25, 0.3) is 17.0 Å². The van der Waals surface area contributed by atoms with E-state index in [4.69, 9.17) is 4.74 Å². The fraction of sp³-hybridized carbons (Fsp3) is 0.333. The Balaban J connectivity index is 1.42. The molecule has 0 spiro atoms. The number of halogens is 1. The van der Waals surface area contributed by atoms with Gasteiger partial charge in [-0.3, -0.25) is 14.7 Å². The monoisotopic (exact) mass is 445 g/mol. The van der Waals surface area contributed by atoms with E-state index in [0.717, 1.165) is 47.8 Å². The number of ether oxygens (including phenoxy) is 1. The molecule has 3 aromatic rings. The lowest BCUT2D eigenvalue weighted by Gasteiger charge is -2.37. The Morgan fingerprint density at radius 2 is 2.18 bits per heavy atom. The number of pyridine rings is 1. The first-order valence-corrected chi connectivity index (χ1v) is 11.4. The van der Waals surface area contributed by atoms with Gasteiger partial charge in [0.15, 0.2) is 11.6 Å². The van der Waals surface area contributed by atoms with Crippen molar-refractivity contribution in [2.45, 2.75) is 37.8 Å². The van der Waals surface area contributed by atoms with Crippen molar-refractivity contribution in [2.75, 3.05) is 20.2 Å². The number of aryl methyl sites for hydroxylation is 1. The maximum Gasteiger partial charge on any atom is 0.252 e. The van der Waals surface area contributed by atoms with Crippen molar-refractivity contribution < 1.29 is 13.9 Å². The van der Waals surface area contributed by atoms with Gasteiger partial charge in [-0.05, 0) is 86.8 Å². The normalized spacial score (nSPS) is 19.1. The van der Waals surface area contributed by atoms with Crippen LogP contribution in [0.2, 0.25) is 0 Å². The number of carbonyl (C=O) groups is 1. The van der Waals surface area contributed by atoms with E-state index in [1.807, 2.05) is 25.2 Å². The van der Waals surface area contributed by atoms with Gasteiger partial charge in [-0.15, -0.1) is 0 Å². The van der Waals surface area contributed by atoms with E-state index in [-0.39, 0.29) is 17.7 Å². The first-order valence-electron chi connectivity index (χ1n) is 11.4. The van der Waals surface area contributed by atoms with E-state index in [2.05, 4.69) is 27.8 Å². The summed E-state index contributed by atoms with van der Waals surface area (Å²) >= 11 is 0. The molecular weight excluding hydrogens is 417 g/mol. The number of rotatable bonds is 7. The molecule has 33 heavy (non-hydrogen) atoms. The molecule has 1 atom stereocenters. The molecule has 6 heteroatoms. The number of nitrogens with zero attached hydrogens (tertiary/aromatic N) is 2. The molecule has 2 fully saturated rings. The Morgan fingerprint density at radius 1 is 1.36 bits per heavy atom. The molecule has 2 aromatic carbocycles. The summed E-state index contributed by atoms with van der Waals surface area (Å²) in [5.41, 5.74) is 3.43. The molecule has 1 aliphatic carbocycles. The highest BCUT2D eigenvalue weighted by Gasteiger charge is 2.47. The van der Waals surface area contributed by atoms with Crippen molar-refractivity contribution in [2.24, 2.45) is 0 Å². The number of hydrogen-bond donors (Lipinski definition) is 1. The van der Waals surface area contributed by atoms with Crippen molar-refractivity contribution in [3.8, 4) is 5.75 Å². The van der Waals surface area contributed by atoms with Crippen LogP contribution in [0, 0.1) is 12.7 Å². The molecule has 0 bridgehead atoms. The zero-order valence-electron chi connectivity index (χ0n) is 19.0. The number of amides is 1. The number of hydrogen-bond acceptors (Lipinski definition) is 4. The van der Waals surface area contributed by atoms with Gasteiger partial charge >= 0.3 is 0 Å². The van der Waals surface area contributed by atoms with Gasteiger partial charge in [0.2, 0.25) is 0 Å². The molecule has 1 saturated heterocycles. The lowest BCUT2D eigenvalue weighted by atomic mass is 9.95.